The molecule has 0 fully saturated rings. The second-order valence-corrected chi connectivity index (χ2v) is 13.3. The van der Waals surface area contributed by atoms with Gasteiger partial charge in [-0.15, -0.1) is 0 Å². The standard InChI is InChI=1S/C39H51N3O8/c1-21(2)17-30(39(45)42-36(22(3)4)25-12-16-32(46-6)33(19-25)47-7)41-29-15-13-26-27(20-31(29)44)28(40-23(5)43)14-11-24-18-34(48-8)37(49-9)38(50-10)35(24)26/h12-13,15-16,18-22,28,30,36H,11,14,17H2,1-10H3,(H,40,43)(H,41,44)(H,42,45). The SMILES string of the molecule is COc1ccc(C(NC(=O)C(CC(C)C)Nc2ccc3c(cc2=O)C(NC(C)=O)CCc2cc(OC)c(OC)c(OC)c2-3)C(C)C)cc1OC. The largest absolute Gasteiger partial charge is 0.493 e. The van der Waals surface area contributed by atoms with Gasteiger partial charge in [0, 0.05) is 12.5 Å². The second kappa shape index (κ2) is 16.7. The molecule has 4 rings (SSSR count). The van der Waals surface area contributed by atoms with Crippen molar-refractivity contribution >= 4 is 17.5 Å². The summed E-state index contributed by atoms with van der Waals surface area (Å²) in [5.74, 6) is 2.32. The van der Waals surface area contributed by atoms with E-state index in [0.717, 1.165) is 16.7 Å². The van der Waals surface area contributed by atoms with Crippen LogP contribution in [0.5, 0.6) is 28.7 Å². The maximum absolute atomic E-state index is 14.1. The molecule has 50 heavy (non-hydrogen) atoms. The predicted molar refractivity (Wildman–Crippen MR) is 195 cm³/mol. The van der Waals surface area contributed by atoms with Crippen LogP contribution in [0.2, 0.25) is 0 Å². The van der Waals surface area contributed by atoms with Crippen LogP contribution in [0.25, 0.3) is 11.1 Å². The van der Waals surface area contributed by atoms with E-state index in [-0.39, 0.29) is 40.8 Å². The molecule has 11 heteroatoms. The highest BCUT2D eigenvalue weighted by molar-refractivity contribution is 5.86. The number of nitrogens with one attached hydrogen (secondary N) is 3. The molecule has 11 nitrogen and oxygen atoms in total. The number of methoxy groups -OCH3 is 5. The number of carbonyl (C=O) groups excluding carboxylic acids is 2. The Hall–Kier alpha value is -4.93. The Labute approximate surface area is 295 Å². The number of hydrogen-bond donors (Lipinski definition) is 3. The van der Waals surface area contributed by atoms with E-state index in [1.165, 1.54) is 6.92 Å². The van der Waals surface area contributed by atoms with E-state index >= 15 is 0 Å². The van der Waals surface area contributed by atoms with Gasteiger partial charge >= 0.3 is 0 Å². The van der Waals surface area contributed by atoms with Crippen LogP contribution in [0, 0.1) is 11.8 Å². The number of fused-ring (bicyclic) bond motifs is 3. The molecule has 0 aromatic heterocycles. The van der Waals surface area contributed by atoms with Gasteiger partial charge < -0.3 is 39.6 Å². The van der Waals surface area contributed by atoms with Gasteiger partial charge in [-0.25, -0.2) is 0 Å². The summed E-state index contributed by atoms with van der Waals surface area (Å²) in [4.78, 5) is 40.5. The number of carbonyl (C=O) groups is 2. The first kappa shape index (κ1) is 37.9. The van der Waals surface area contributed by atoms with Crippen molar-refractivity contribution in [2.24, 2.45) is 11.8 Å². The van der Waals surface area contributed by atoms with Crippen LogP contribution >= 0.6 is 0 Å². The average Bonchev–Trinajstić information content (AvgIpc) is 3.33. The molecular weight excluding hydrogens is 638 g/mol. The quantitative estimate of drug-likeness (QED) is 0.180. The van der Waals surface area contributed by atoms with Gasteiger partial charge in [0.2, 0.25) is 23.0 Å². The fourth-order valence-corrected chi connectivity index (χ4v) is 6.65. The third-order valence-electron chi connectivity index (χ3n) is 9.00. The summed E-state index contributed by atoms with van der Waals surface area (Å²) in [6, 6.07) is 11.1. The van der Waals surface area contributed by atoms with Crippen molar-refractivity contribution in [2.75, 3.05) is 40.9 Å². The highest BCUT2D eigenvalue weighted by Crippen LogP contribution is 2.50. The van der Waals surface area contributed by atoms with Gasteiger partial charge in [-0.2, -0.15) is 0 Å². The monoisotopic (exact) mass is 689 g/mol. The van der Waals surface area contributed by atoms with E-state index in [1.807, 2.05) is 58.0 Å². The number of rotatable bonds is 14. The zero-order valence-electron chi connectivity index (χ0n) is 30.8. The minimum absolute atomic E-state index is 0.0494. The molecule has 0 bridgehead atoms. The molecule has 3 aromatic rings. The molecule has 3 atom stereocenters. The molecule has 2 amide bonds. The summed E-state index contributed by atoms with van der Waals surface area (Å²) in [7, 11) is 7.83. The Morgan fingerprint density at radius 3 is 2.08 bits per heavy atom. The zero-order valence-corrected chi connectivity index (χ0v) is 30.8. The minimum Gasteiger partial charge on any atom is -0.493 e. The summed E-state index contributed by atoms with van der Waals surface area (Å²) in [6.07, 6.45) is 1.60. The number of ether oxygens (including phenoxy) is 5. The van der Waals surface area contributed by atoms with Crippen LogP contribution in [-0.4, -0.2) is 53.4 Å². The van der Waals surface area contributed by atoms with Gasteiger partial charge in [0.25, 0.3) is 0 Å². The van der Waals surface area contributed by atoms with Crippen molar-refractivity contribution in [2.45, 2.75) is 72.0 Å². The van der Waals surface area contributed by atoms with Crippen molar-refractivity contribution in [1.82, 2.24) is 10.6 Å². The fraction of sp³-hybridized carbons (Fsp3) is 0.462. The molecule has 1 aliphatic carbocycles. The van der Waals surface area contributed by atoms with Crippen LogP contribution in [0.4, 0.5) is 5.69 Å². The molecule has 270 valence electrons. The van der Waals surface area contributed by atoms with Gasteiger partial charge in [0.15, 0.2) is 23.0 Å². The number of aryl methyl sites for hydroxylation is 1. The highest BCUT2D eigenvalue weighted by Gasteiger charge is 2.31. The molecular formula is C39H51N3O8. The van der Waals surface area contributed by atoms with Crippen LogP contribution in [-0.2, 0) is 16.0 Å². The fourth-order valence-electron chi connectivity index (χ4n) is 6.65. The number of amides is 2. The summed E-state index contributed by atoms with van der Waals surface area (Å²) in [5.41, 5.74) is 3.84. The minimum atomic E-state index is -0.719. The molecule has 0 heterocycles. The molecule has 0 spiro atoms. The van der Waals surface area contributed by atoms with E-state index in [4.69, 9.17) is 23.7 Å². The summed E-state index contributed by atoms with van der Waals surface area (Å²) >= 11 is 0. The van der Waals surface area contributed by atoms with E-state index in [0.29, 0.717) is 59.1 Å². The van der Waals surface area contributed by atoms with E-state index in [9.17, 15) is 14.4 Å². The smallest absolute Gasteiger partial charge is 0.242 e. The zero-order chi connectivity index (χ0) is 36.7. The average molecular weight is 690 g/mol. The highest BCUT2D eigenvalue weighted by atomic mass is 16.5. The van der Waals surface area contributed by atoms with E-state index < -0.39 is 12.1 Å². The molecule has 0 radical (unpaired) electrons. The molecule has 3 unspecified atom stereocenters. The Kier molecular flexibility index (Phi) is 12.6. The third kappa shape index (κ3) is 8.26. The number of anilines is 1. The lowest BCUT2D eigenvalue weighted by Gasteiger charge is -2.27. The Bertz CT molecular complexity index is 1760. The lowest BCUT2D eigenvalue weighted by atomic mass is 9.94. The summed E-state index contributed by atoms with van der Waals surface area (Å²) < 4.78 is 28.2. The van der Waals surface area contributed by atoms with E-state index in [1.54, 1.807) is 47.7 Å². The first-order valence-corrected chi connectivity index (χ1v) is 16.9. The van der Waals surface area contributed by atoms with Crippen molar-refractivity contribution in [1.29, 1.82) is 0 Å². The normalized spacial score (nSPS) is 14.8. The van der Waals surface area contributed by atoms with Gasteiger partial charge in [0.1, 0.15) is 6.04 Å². The Morgan fingerprint density at radius 1 is 0.820 bits per heavy atom. The molecule has 1 aliphatic rings. The lowest BCUT2D eigenvalue weighted by molar-refractivity contribution is -0.123. The lowest BCUT2D eigenvalue weighted by Crippen LogP contribution is -2.44. The van der Waals surface area contributed by atoms with Crippen LogP contribution < -0.4 is 45.1 Å². The molecule has 3 aromatic carbocycles. The number of hydrogen-bond acceptors (Lipinski definition) is 9. The van der Waals surface area contributed by atoms with Crippen molar-refractivity contribution in [3.8, 4) is 39.9 Å². The maximum Gasteiger partial charge on any atom is 0.242 e. The second-order valence-electron chi connectivity index (χ2n) is 13.3. The molecule has 0 saturated heterocycles. The molecule has 3 N–H and O–H groups in total. The van der Waals surface area contributed by atoms with Crippen LogP contribution in [0.1, 0.15) is 76.2 Å². The first-order valence-electron chi connectivity index (χ1n) is 16.9. The van der Waals surface area contributed by atoms with Gasteiger partial charge in [-0.3, -0.25) is 14.4 Å². The third-order valence-corrected chi connectivity index (χ3v) is 9.00. The van der Waals surface area contributed by atoms with Gasteiger partial charge in [0.05, 0.1) is 53.3 Å². The maximum atomic E-state index is 14.1. The summed E-state index contributed by atoms with van der Waals surface area (Å²) in [5, 5.41) is 9.55. The Morgan fingerprint density at radius 2 is 1.50 bits per heavy atom. The van der Waals surface area contributed by atoms with Crippen molar-refractivity contribution in [3.63, 3.8) is 0 Å². The summed E-state index contributed by atoms with van der Waals surface area (Å²) in [6.45, 7) is 9.60. The number of benzene rings is 2. The van der Waals surface area contributed by atoms with Crippen LogP contribution in [0.15, 0.2) is 47.3 Å². The van der Waals surface area contributed by atoms with Crippen molar-refractivity contribution < 1.29 is 33.3 Å². The van der Waals surface area contributed by atoms with Gasteiger partial charge in [-0.05, 0) is 83.7 Å². The Balaban J connectivity index is 1.81. The topological polar surface area (TPSA) is 133 Å². The molecule has 0 saturated carbocycles. The van der Waals surface area contributed by atoms with E-state index in [2.05, 4.69) is 16.0 Å². The predicted octanol–water partition coefficient (Wildman–Crippen LogP) is 6.22. The molecule has 0 aliphatic heterocycles. The van der Waals surface area contributed by atoms with Crippen molar-refractivity contribution in [3.05, 3.63) is 69.4 Å². The van der Waals surface area contributed by atoms with Gasteiger partial charge in [-0.1, -0.05) is 39.8 Å². The first-order chi connectivity index (χ1) is 23.9. The van der Waals surface area contributed by atoms with Crippen LogP contribution in [0.3, 0.4) is 0 Å².